The molecule has 0 unspecified atom stereocenters. The Morgan fingerprint density at radius 1 is 1.26 bits per heavy atom. The largest absolute Gasteiger partial charge is 0.497 e. The van der Waals surface area contributed by atoms with Gasteiger partial charge in [0.1, 0.15) is 5.75 Å². The van der Waals surface area contributed by atoms with Gasteiger partial charge in [-0.15, -0.1) is 0 Å². The van der Waals surface area contributed by atoms with Crippen molar-refractivity contribution >= 4 is 0 Å². The summed E-state index contributed by atoms with van der Waals surface area (Å²) < 4.78 is 10.6. The summed E-state index contributed by atoms with van der Waals surface area (Å²) in [7, 11) is 1.68. The van der Waals surface area contributed by atoms with Gasteiger partial charge in [-0.05, 0) is 55.7 Å². The van der Waals surface area contributed by atoms with Crippen molar-refractivity contribution in [1.82, 2.24) is 15.4 Å². The molecule has 2 N–H and O–H groups in total. The second-order valence-electron chi connectivity index (χ2n) is 7.57. The molecule has 0 radical (unpaired) electrons. The van der Waals surface area contributed by atoms with Crippen LogP contribution in [-0.4, -0.2) is 33.2 Å². The van der Waals surface area contributed by atoms with Crippen LogP contribution in [0.25, 0.3) is 11.3 Å². The summed E-state index contributed by atoms with van der Waals surface area (Å²) in [6, 6.07) is 10.2. The van der Waals surface area contributed by atoms with Crippen LogP contribution < -0.4 is 4.74 Å². The van der Waals surface area contributed by atoms with Gasteiger partial charge in [0.2, 0.25) is 0 Å². The van der Waals surface area contributed by atoms with E-state index in [0.29, 0.717) is 18.1 Å². The molecule has 0 amide bonds. The molecule has 0 bridgehead atoms. The summed E-state index contributed by atoms with van der Waals surface area (Å²) in [5, 5.41) is 21.8. The average molecular weight is 367 g/mol. The molecule has 4 rings (SSSR count). The number of ether oxygens (including phenoxy) is 1. The van der Waals surface area contributed by atoms with Crippen LogP contribution in [0.5, 0.6) is 5.75 Å². The first-order valence-electron chi connectivity index (χ1n) is 9.44. The molecule has 3 aromatic rings. The van der Waals surface area contributed by atoms with Gasteiger partial charge in [0, 0.05) is 18.7 Å². The molecule has 1 saturated carbocycles. The maximum Gasteiger partial charge on any atom is 0.170 e. The Balaban J connectivity index is 1.32. The minimum atomic E-state index is -0.694. The van der Waals surface area contributed by atoms with E-state index in [-0.39, 0.29) is 0 Å². The third-order valence-corrected chi connectivity index (χ3v) is 5.57. The zero-order valence-corrected chi connectivity index (χ0v) is 15.5. The predicted octanol–water partition coefficient (Wildman–Crippen LogP) is 3.78. The standard InChI is InChI=1S/C21H25N3O3/c1-26-19-4-2-15(3-5-19)10-16-6-8-21(25,9-7-16)12-18-11-20(27-24-18)17-13-22-23-14-17/h2-5,11,13-14,16,25H,6-10,12H2,1H3,(H,22,23). The number of aromatic nitrogens is 3. The molecule has 1 aliphatic carbocycles. The van der Waals surface area contributed by atoms with Crippen molar-refractivity contribution in [2.45, 2.75) is 44.1 Å². The Bertz CT molecular complexity index is 847. The lowest BCUT2D eigenvalue weighted by Crippen LogP contribution is -2.36. The smallest absolute Gasteiger partial charge is 0.170 e. The van der Waals surface area contributed by atoms with Crippen LogP contribution in [0.2, 0.25) is 0 Å². The molecule has 0 atom stereocenters. The Hall–Kier alpha value is -2.60. The van der Waals surface area contributed by atoms with E-state index in [9.17, 15) is 5.11 Å². The molecule has 0 saturated heterocycles. The molecule has 1 fully saturated rings. The van der Waals surface area contributed by atoms with Crippen molar-refractivity contribution in [3.8, 4) is 17.1 Å². The monoisotopic (exact) mass is 367 g/mol. The lowest BCUT2D eigenvalue weighted by Gasteiger charge is -2.35. The number of rotatable bonds is 6. The van der Waals surface area contributed by atoms with Crippen LogP contribution in [0, 0.1) is 5.92 Å². The highest BCUT2D eigenvalue weighted by Crippen LogP contribution is 2.36. The molecule has 2 aromatic heterocycles. The Labute approximate surface area is 158 Å². The molecule has 1 aromatic carbocycles. The number of H-pyrrole nitrogens is 1. The van der Waals surface area contributed by atoms with Gasteiger partial charge in [0.15, 0.2) is 5.76 Å². The predicted molar refractivity (Wildman–Crippen MR) is 101 cm³/mol. The number of nitrogens with one attached hydrogen (secondary N) is 1. The lowest BCUT2D eigenvalue weighted by molar-refractivity contribution is -0.0100. The van der Waals surface area contributed by atoms with Crippen molar-refractivity contribution in [2.75, 3.05) is 7.11 Å². The number of aromatic amines is 1. The van der Waals surface area contributed by atoms with Crippen LogP contribution in [-0.2, 0) is 12.8 Å². The van der Waals surface area contributed by atoms with Gasteiger partial charge in [0.05, 0.1) is 30.2 Å². The molecule has 1 aliphatic rings. The molecule has 142 valence electrons. The van der Waals surface area contributed by atoms with Gasteiger partial charge in [-0.25, -0.2) is 0 Å². The molecule has 0 aliphatic heterocycles. The van der Waals surface area contributed by atoms with E-state index in [4.69, 9.17) is 9.26 Å². The van der Waals surface area contributed by atoms with E-state index >= 15 is 0 Å². The molecular formula is C21H25N3O3. The van der Waals surface area contributed by atoms with Gasteiger partial charge in [-0.2, -0.15) is 5.10 Å². The summed E-state index contributed by atoms with van der Waals surface area (Å²) >= 11 is 0. The summed E-state index contributed by atoms with van der Waals surface area (Å²) in [5.74, 6) is 2.17. The second kappa shape index (κ2) is 7.56. The summed E-state index contributed by atoms with van der Waals surface area (Å²) in [6.45, 7) is 0. The minimum absolute atomic E-state index is 0.531. The van der Waals surface area contributed by atoms with E-state index in [1.807, 2.05) is 18.2 Å². The number of hydrogen-bond acceptors (Lipinski definition) is 5. The van der Waals surface area contributed by atoms with E-state index in [1.165, 1.54) is 5.56 Å². The fraction of sp³-hybridized carbons (Fsp3) is 0.429. The van der Waals surface area contributed by atoms with Crippen molar-refractivity contribution in [2.24, 2.45) is 5.92 Å². The SMILES string of the molecule is COc1ccc(CC2CCC(O)(Cc3cc(-c4cn[nH]c4)on3)CC2)cc1. The Kier molecular flexibility index (Phi) is 4.99. The molecular weight excluding hydrogens is 342 g/mol. The number of aliphatic hydroxyl groups is 1. The van der Waals surface area contributed by atoms with Crippen molar-refractivity contribution in [3.63, 3.8) is 0 Å². The van der Waals surface area contributed by atoms with Crippen molar-refractivity contribution in [1.29, 1.82) is 0 Å². The highest BCUT2D eigenvalue weighted by molar-refractivity contribution is 5.54. The van der Waals surface area contributed by atoms with E-state index < -0.39 is 5.60 Å². The maximum atomic E-state index is 11.0. The van der Waals surface area contributed by atoms with Gasteiger partial charge in [-0.3, -0.25) is 5.10 Å². The third-order valence-electron chi connectivity index (χ3n) is 5.57. The fourth-order valence-electron chi connectivity index (χ4n) is 3.94. The average Bonchev–Trinajstić information content (AvgIpc) is 3.36. The molecule has 0 spiro atoms. The van der Waals surface area contributed by atoms with Crippen LogP contribution in [0.3, 0.4) is 0 Å². The van der Waals surface area contributed by atoms with Gasteiger partial charge >= 0.3 is 0 Å². The quantitative estimate of drug-likeness (QED) is 0.693. The van der Waals surface area contributed by atoms with E-state index in [0.717, 1.165) is 49.1 Å². The highest BCUT2D eigenvalue weighted by atomic mass is 16.5. The van der Waals surface area contributed by atoms with Gasteiger partial charge in [-0.1, -0.05) is 17.3 Å². The first kappa shape index (κ1) is 17.8. The lowest BCUT2D eigenvalue weighted by atomic mass is 9.75. The number of methoxy groups -OCH3 is 1. The van der Waals surface area contributed by atoms with Crippen LogP contribution in [0.4, 0.5) is 0 Å². The molecule has 27 heavy (non-hydrogen) atoms. The van der Waals surface area contributed by atoms with Crippen LogP contribution in [0.15, 0.2) is 47.2 Å². The zero-order valence-electron chi connectivity index (χ0n) is 15.5. The minimum Gasteiger partial charge on any atom is -0.497 e. The van der Waals surface area contributed by atoms with E-state index in [1.54, 1.807) is 19.5 Å². The van der Waals surface area contributed by atoms with Gasteiger partial charge in [0.25, 0.3) is 0 Å². The first-order chi connectivity index (χ1) is 13.1. The normalized spacial score (nSPS) is 22.7. The fourth-order valence-corrected chi connectivity index (χ4v) is 3.94. The number of benzene rings is 1. The molecule has 2 heterocycles. The van der Waals surface area contributed by atoms with Crippen molar-refractivity contribution in [3.05, 3.63) is 54.0 Å². The van der Waals surface area contributed by atoms with Crippen LogP contribution >= 0.6 is 0 Å². The van der Waals surface area contributed by atoms with Crippen molar-refractivity contribution < 1.29 is 14.4 Å². The zero-order chi connectivity index (χ0) is 18.7. The van der Waals surface area contributed by atoms with Gasteiger partial charge < -0.3 is 14.4 Å². The first-order valence-corrected chi connectivity index (χ1v) is 9.44. The highest BCUT2D eigenvalue weighted by Gasteiger charge is 2.34. The maximum absolute atomic E-state index is 11.0. The molecule has 6 heteroatoms. The Morgan fingerprint density at radius 3 is 2.70 bits per heavy atom. The summed E-state index contributed by atoms with van der Waals surface area (Å²) in [4.78, 5) is 0. The topological polar surface area (TPSA) is 84.2 Å². The van der Waals surface area contributed by atoms with E-state index in [2.05, 4.69) is 27.5 Å². The third kappa shape index (κ3) is 4.22. The van der Waals surface area contributed by atoms with Crippen LogP contribution in [0.1, 0.15) is 36.9 Å². The Morgan fingerprint density at radius 2 is 2.04 bits per heavy atom. The number of nitrogens with zero attached hydrogens (tertiary/aromatic N) is 2. The summed E-state index contributed by atoms with van der Waals surface area (Å²) in [6.07, 6.45) is 8.68. The summed E-state index contributed by atoms with van der Waals surface area (Å²) in [5.41, 5.74) is 2.29. The number of hydrogen-bond donors (Lipinski definition) is 2. The molecule has 6 nitrogen and oxygen atoms in total. The second-order valence-corrected chi connectivity index (χ2v) is 7.57.